The molecule has 0 spiro atoms. The first kappa shape index (κ1) is 25.4. The highest BCUT2D eigenvalue weighted by atomic mass is 19.1. The Morgan fingerprint density at radius 1 is 1.29 bits per heavy atom. The number of aryl methyl sites for hydroxylation is 2. The number of halogens is 1. The second-order valence-corrected chi connectivity index (χ2v) is 8.59. The Bertz CT molecular complexity index is 998. The number of rotatable bonds is 10. The molecular formula is C23H32FN5O5. The lowest BCUT2D eigenvalue weighted by molar-refractivity contribution is -0.143. The van der Waals surface area contributed by atoms with Crippen LogP contribution < -0.4 is 4.74 Å². The average molecular weight is 478 g/mol. The molecule has 0 aliphatic heterocycles. The molecule has 1 N–H and O–H groups in total. The molecule has 1 amide bonds. The minimum Gasteiger partial charge on any atom is -0.487 e. The largest absolute Gasteiger partial charge is 0.487 e. The monoisotopic (exact) mass is 477 g/mol. The van der Waals surface area contributed by atoms with Crippen molar-refractivity contribution in [1.29, 1.82) is 0 Å². The summed E-state index contributed by atoms with van der Waals surface area (Å²) in [4.78, 5) is 33.9. The summed E-state index contributed by atoms with van der Waals surface area (Å²) in [6, 6.07) is 0. The van der Waals surface area contributed by atoms with Crippen molar-refractivity contribution in [3.8, 4) is 17.1 Å². The van der Waals surface area contributed by atoms with Crippen molar-refractivity contribution in [2.75, 3.05) is 20.3 Å². The summed E-state index contributed by atoms with van der Waals surface area (Å²) in [5.41, 5.74) is 1.89. The van der Waals surface area contributed by atoms with E-state index in [1.807, 2.05) is 0 Å². The first-order valence-electron chi connectivity index (χ1n) is 11.5. The molecule has 1 fully saturated rings. The average Bonchev–Trinajstić information content (AvgIpc) is 3.19. The van der Waals surface area contributed by atoms with Crippen LogP contribution in [0, 0.1) is 12.8 Å². The van der Waals surface area contributed by atoms with Crippen LogP contribution in [-0.4, -0.2) is 68.2 Å². The van der Waals surface area contributed by atoms with Gasteiger partial charge in [0.05, 0.1) is 48.0 Å². The van der Waals surface area contributed by atoms with E-state index in [2.05, 4.69) is 15.1 Å². The minimum atomic E-state index is -0.785. The lowest BCUT2D eigenvalue weighted by atomic mass is 9.87. The number of ether oxygens (including phenoxy) is 2. The number of unbranched alkanes of at least 4 members (excludes halogenated alkanes) is 1. The zero-order valence-corrected chi connectivity index (χ0v) is 19.9. The number of aromatic nitrogens is 4. The number of aliphatic carboxylic acids is 1. The van der Waals surface area contributed by atoms with Crippen LogP contribution >= 0.6 is 0 Å². The topological polar surface area (TPSA) is 120 Å². The van der Waals surface area contributed by atoms with Gasteiger partial charge in [0, 0.05) is 20.6 Å². The summed E-state index contributed by atoms with van der Waals surface area (Å²) in [6.45, 7) is 1.80. The van der Waals surface area contributed by atoms with Crippen LogP contribution in [0.3, 0.4) is 0 Å². The number of hydrogen-bond donors (Lipinski definition) is 1. The molecule has 2 aromatic heterocycles. The molecule has 34 heavy (non-hydrogen) atoms. The van der Waals surface area contributed by atoms with Gasteiger partial charge in [-0.25, -0.2) is 14.8 Å². The first-order valence-corrected chi connectivity index (χ1v) is 11.5. The third kappa shape index (κ3) is 6.42. The molecule has 2 atom stereocenters. The van der Waals surface area contributed by atoms with Crippen LogP contribution in [0.1, 0.15) is 49.9 Å². The van der Waals surface area contributed by atoms with Crippen molar-refractivity contribution in [3.05, 3.63) is 23.8 Å². The Hall–Kier alpha value is -3.24. The standard InChI is InChI=1S/C23H32FN5O5/c1-15-20(34-17-8-6-7-16(11-17)22(30)31)13-25-21(27-15)18-12-26-29(3)19(18)14-33-23(32)28(2)10-5-4-9-24/h12-13,16-17H,4-11,14H2,1-3H3,(H,30,31)/t16-,17-/m0/s1. The van der Waals surface area contributed by atoms with Gasteiger partial charge >= 0.3 is 12.1 Å². The van der Waals surface area contributed by atoms with Crippen LogP contribution in [0.15, 0.2) is 12.4 Å². The van der Waals surface area contributed by atoms with E-state index >= 15 is 0 Å². The number of amides is 1. The van der Waals surface area contributed by atoms with Gasteiger partial charge in [-0.3, -0.25) is 13.9 Å². The fraction of sp³-hybridized carbons (Fsp3) is 0.609. The Balaban J connectivity index is 1.66. The molecule has 10 nitrogen and oxygen atoms in total. The first-order chi connectivity index (χ1) is 16.3. The number of carboxylic acids is 1. The fourth-order valence-electron chi connectivity index (χ4n) is 3.95. The van der Waals surface area contributed by atoms with E-state index in [-0.39, 0.29) is 18.6 Å². The molecular weight excluding hydrogens is 445 g/mol. The highest BCUT2D eigenvalue weighted by molar-refractivity contribution is 5.70. The smallest absolute Gasteiger partial charge is 0.409 e. The number of carbonyl (C=O) groups is 2. The fourth-order valence-corrected chi connectivity index (χ4v) is 3.95. The van der Waals surface area contributed by atoms with Gasteiger partial charge in [-0.05, 0) is 45.4 Å². The van der Waals surface area contributed by atoms with Gasteiger partial charge in [0.25, 0.3) is 0 Å². The van der Waals surface area contributed by atoms with E-state index in [0.717, 1.165) is 12.8 Å². The molecule has 11 heteroatoms. The quantitative estimate of drug-likeness (QED) is 0.516. The van der Waals surface area contributed by atoms with Gasteiger partial charge in [0.15, 0.2) is 11.6 Å². The summed E-state index contributed by atoms with van der Waals surface area (Å²) in [5.74, 6) is -0.228. The van der Waals surface area contributed by atoms with Crippen molar-refractivity contribution >= 4 is 12.1 Å². The molecule has 1 saturated carbocycles. The lowest BCUT2D eigenvalue weighted by Gasteiger charge is -2.27. The summed E-state index contributed by atoms with van der Waals surface area (Å²) in [7, 11) is 3.35. The number of hydrogen-bond acceptors (Lipinski definition) is 7. The van der Waals surface area contributed by atoms with E-state index in [0.29, 0.717) is 60.8 Å². The van der Waals surface area contributed by atoms with Crippen molar-refractivity contribution in [3.63, 3.8) is 0 Å². The van der Waals surface area contributed by atoms with E-state index in [1.165, 1.54) is 4.90 Å². The molecule has 2 aromatic rings. The molecule has 0 unspecified atom stereocenters. The number of nitrogens with zero attached hydrogens (tertiary/aromatic N) is 5. The van der Waals surface area contributed by atoms with E-state index in [1.54, 1.807) is 38.1 Å². The third-order valence-corrected chi connectivity index (χ3v) is 6.03. The normalized spacial score (nSPS) is 17.9. The molecule has 0 bridgehead atoms. The lowest BCUT2D eigenvalue weighted by Crippen LogP contribution is -2.29. The third-order valence-electron chi connectivity index (χ3n) is 6.03. The summed E-state index contributed by atoms with van der Waals surface area (Å²) < 4.78 is 25.3. The van der Waals surface area contributed by atoms with Gasteiger partial charge < -0.3 is 19.5 Å². The van der Waals surface area contributed by atoms with E-state index in [9.17, 15) is 19.1 Å². The molecule has 1 aliphatic carbocycles. The van der Waals surface area contributed by atoms with Crippen molar-refractivity contribution in [2.24, 2.45) is 13.0 Å². The SMILES string of the molecule is Cc1nc(-c2cnn(C)c2COC(=O)N(C)CCCCF)ncc1O[C@H]1CCC[C@H](C(=O)O)C1. The molecule has 3 rings (SSSR count). The maximum absolute atomic E-state index is 12.3. The summed E-state index contributed by atoms with van der Waals surface area (Å²) in [5, 5.41) is 13.5. The second-order valence-electron chi connectivity index (χ2n) is 8.59. The van der Waals surface area contributed by atoms with Crippen LogP contribution in [0.4, 0.5) is 9.18 Å². The zero-order valence-electron chi connectivity index (χ0n) is 19.9. The van der Waals surface area contributed by atoms with E-state index in [4.69, 9.17) is 9.47 Å². The molecule has 0 saturated heterocycles. The van der Waals surface area contributed by atoms with E-state index < -0.39 is 18.7 Å². The second kappa shape index (κ2) is 11.8. The summed E-state index contributed by atoms with van der Waals surface area (Å²) in [6.07, 6.45) is 6.23. The number of carbonyl (C=O) groups excluding carboxylic acids is 1. The van der Waals surface area contributed by atoms with Crippen LogP contribution in [0.5, 0.6) is 5.75 Å². The Morgan fingerprint density at radius 3 is 2.79 bits per heavy atom. The highest BCUT2D eigenvalue weighted by Crippen LogP contribution is 2.30. The highest BCUT2D eigenvalue weighted by Gasteiger charge is 2.28. The maximum atomic E-state index is 12.3. The number of alkyl halides is 1. The molecule has 1 aliphatic rings. The predicted octanol–water partition coefficient (Wildman–Crippen LogP) is 3.53. The predicted molar refractivity (Wildman–Crippen MR) is 121 cm³/mol. The van der Waals surface area contributed by atoms with Gasteiger partial charge in [-0.15, -0.1) is 0 Å². The Morgan fingerprint density at radius 2 is 2.09 bits per heavy atom. The summed E-state index contributed by atoms with van der Waals surface area (Å²) >= 11 is 0. The van der Waals surface area contributed by atoms with Crippen molar-refractivity contribution < 1.29 is 28.6 Å². The van der Waals surface area contributed by atoms with Crippen molar-refractivity contribution in [2.45, 2.75) is 58.2 Å². The minimum absolute atomic E-state index is 0.0164. The van der Waals surface area contributed by atoms with Gasteiger partial charge in [0.2, 0.25) is 0 Å². The van der Waals surface area contributed by atoms with Crippen LogP contribution in [0.2, 0.25) is 0 Å². The maximum Gasteiger partial charge on any atom is 0.409 e. The van der Waals surface area contributed by atoms with Crippen LogP contribution in [-0.2, 0) is 23.2 Å². The Labute approximate surface area is 198 Å². The molecule has 0 aromatic carbocycles. The van der Waals surface area contributed by atoms with Crippen LogP contribution in [0.25, 0.3) is 11.4 Å². The van der Waals surface area contributed by atoms with Crippen molar-refractivity contribution in [1.82, 2.24) is 24.6 Å². The molecule has 0 radical (unpaired) electrons. The Kier molecular flexibility index (Phi) is 8.78. The molecule has 186 valence electrons. The zero-order chi connectivity index (χ0) is 24.7. The van der Waals surface area contributed by atoms with Gasteiger partial charge in [-0.2, -0.15) is 5.10 Å². The number of carboxylic acid groups (broad SMARTS) is 1. The van der Waals surface area contributed by atoms with Gasteiger partial charge in [-0.1, -0.05) is 0 Å². The molecule has 2 heterocycles. The van der Waals surface area contributed by atoms with Gasteiger partial charge in [0.1, 0.15) is 6.61 Å².